The SMILES string of the molecule is CCc1cccc(CC)c1NS(=O)(=O)c1ccc(N2C(=O)CCC2=O)cc1. The molecule has 27 heavy (non-hydrogen) atoms. The Labute approximate surface area is 159 Å². The molecule has 1 N–H and O–H groups in total. The van der Waals surface area contributed by atoms with E-state index in [1.165, 1.54) is 24.3 Å². The van der Waals surface area contributed by atoms with Crippen LogP contribution in [0.3, 0.4) is 0 Å². The largest absolute Gasteiger partial charge is 0.279 e. The van der Waals surface area contributed by atoms with Crippen molar-refractivity contribution in [2.24, 2.45) is 0 Å². The second kappa shape index (κ2) is 7.52. The van der Waals surface area contributed by atoms with Gasteiger partial charge < -0.3 is 0 Å². The summed E-state index contributed by atoms with van der Waals surface area (Å²) >= 11 is 0. The number of anilines is 2. The molecule has 142 valence electrons. The summed E-state index contributed by atoms with van der Waals surface area (Å²) in [5.41, 5.74) is 2.88. The summed E-state index contributed by atoms with van der Waals surface area (Å²) in [7, 11) is -3.78. The summed E-state index contributed by atoms with van der Waals surface area (Å²) in [6.45, 7) is 3.96. The normalized spacial score (nSPS) is 14.7. The lowest BCUT2D eigenvalue weighted by Crippen LogP contribution is -2.28. The Bertz CT molecular complexity index is 943. The van der Waals surface area contributed by atoms with E-state index in [4.69, 9.17) is 0 Å². The van der Waals surface area contributed by atoms with Gasteiger partial charge in [0.15, 0.2) is 0 Å². The lowest BCUT2D eigenvalue weighted by molar-refractivity contribution is -0.121. The maximum atomic E-state index is 12.8. The highest BCUT2D eigenvalue weighted by Gasteiger charge is 2.30. The van der Waals surface area contributed by atoms with Gasteiger partial charge in [-0.2, -0.15) is 0 Å². The molecular weight excluding hydrogens is 364 g/mol. The van der Waals surface area contributed by atoms with Gasteiger partial charge in [0.1, 0.15) is 0 Å². The van der Waals surface area contributed by atoms with Crippen LogP contribution in [0.4, 0.5) is 11.4 Å². The van der Waals surface area contributed by atoms with Gasteiger partial charge in [-0.3, -0.25) is 19.2 Å². The molecule has 2 aromatic carbocycles. The zero-order chi connectivity index (χ0) is 19.6. The number of nitrogens with one attached hydrogen (secondary N) is 1. The van der Waals surface area contributed by atoms with Gasteiger partial charge in [0.25, 0.3) is 10.0 Å². The molecule has 0 bridgehead atoms. The Morgan fingerprint density at radius 3 is 1.89 bits per heavy atom. The van der Waals surface area contributed by atoms with Crippen LogP contribution in [0.2, 0.25) is 0 Å². The standard InChI is InChI=1S/C20H22N2O4S/c1-3-14-6-5-7-15(4-2)20(14)21-27(25,26)17-10-8-16(9-11-17)22-18(23)12-13-19(22)24/h5-11,21H,3-4,12-13H2,1-2H3. The van der Waals surface area contributed by atoms with Crippen LogP contribution in [-0.4, -0.2) is 20.2 Å². The van der Waals surface area contributed by atoms with E-state index in [-0.39, 0.29) is 29.6 Å². The molecule has 0 spiro atoms. The highest BCUT2D eigenvalue weighted by molar-refractivity contribution is 7.92. The van der Waals surface area contributed by atoms with Gasteiger partial charge in [-0.15, -0.1) is 0 Å². The van der Waals surface area contributed by atoms with Crippen LogP contribution in [0.15, 0.2) is 47.4 Å². The molecular formula is C20H22N2O4S. The number of aryl methyl sites for hydroxylation is 2. The third-order valence-corrected chi connectivity index (χ3v) is 6.06. The predicted molar refractivity (Wildman–Crippen MR) is 104 cm³/mol. The minimum absolute atomic E-state index is 0.0818. The van der Waals surface area contributed by atoms with Crippen LogP contribution in [0.25, 0.3) is 0 Å². The minimum Gasteiger partial charge on any atom is -0.279 e. The molecule has 1 heterocycles. The van der Waals surface area contributed by atoms with Gasteiger partial charge in [-0.1, -0.05) is 32.0 Å². The molecule has 1 fully saturated rings. The van der Waals surface area contributed by atoms with Crippen molar-refractivity contribution < 1.29 is 18.0 Å². The number of sulfonamides is 1. The van der Waals surface area contributed by atoms with E-state index < -0.39 is 10.0 Å². The first-order chi connectivity index (χ1) is 12.9. The molecule has 1 aliphatic heterocycles. The van der Waals surface area contributed by atoms with Crippen LogP contribution in [0.5, 0.6) is 0 Å². The Morgan fingerprint density at radius 1 is 0.889 bits per heavy atom. The Kier molecular flexibility index (Phi) is 5.32. The summed E-state index contributed by atoms with van der Waals surface area (Å²) in [4.78, 5) is 24.8. The first kappa shape index (κ1) is 19.1. The summed E-state index contributed by atoms with van der Waals surface area (Å²) in [6, 6.07) is 11.5. The fourth-order valence-electron chi connectivity index (χ4n) is 3.21. The zero-order valence-electron chi connectivity index (χ0n) is 15.4. The quantitative estimate of drug-likeness (QED) is 0.773. The van der Waals surface area contributed by atoms with Crippen molar-refractivity contribution in [2.45, 2.75) is 44.4 Å². The van der Waals surface area contributed by atoms with E-state index in [1.54, 1.807) is 0 Å². The van der Waals surface area contributed by atoms with Gasteiger partial charge in [0.2, 0.25) is 11.8 Å². The highest BCUT2D eigenvalue weighted by Crippen LogP contribution is 2.28. The Hall–Kier alpha value is -2.67. The van der Waals surface area contributed by atoms with E-state index in [0.29, 0.717) is 24.2 Å². The molecule has 0 unspecified atom stereocenters. The molecule has 2 amide bonds. The van der Waals surface area contributed by atoms with Gasteiger partial charge in [-0.05, 0) is 48.2 Å². The second-order valence-electron chi connectivity index (χ2n) is 6.38. The van der Waals surface area contributed by atoms with Gasteiger partial charge in [0.05, 0.1) is 16.3 Å². The number of nitrogens with zero attached hydrogens (tertiary/aromatic N) is 1. The van der Waals surface area contributed by atoms with Gasteiger partial charge in [0, 0.05) is 12.8 Å². The summed E-state index contributed by atoms with van der Waals surface area (Å²) < 4.78 is 28.4. The molecule has 0 aromatic heterocycles. The minimum atomic E-state index is -3.78. The molecule has 7 heteroatoms. The molecule has 1 aliphatic rings. The van der Waals surface area contributed by atoms with Crippen molar-refractivity contribution in [3.05, 3.63) is 53.6 Å². The van der Waals surface area contributed by atoms with Crippen LogP contribution in [0, 0.1) is 0 Å². The monoisotopic (exact) mass is 386 g/mol. The van der Waals surface area contributed by atoms with Crippen molar-refractivity contribution in [3.63, 3.8) is 0 Å². The second-order valence-corrected chi connectivity index (χ2v) is 8.06. The number of carbonyl (C=O) groups is 2. The topological polar surface area (TPSA) is 83.6 Å². The first-order valence-electron chi connectivity index (χ1n) is 8.96. The van der Waals surface area contributed by atoms with E-state index in [1.807, 2.05) is 32.0 Å². The maximum Gasteiger partial charge on any atom is 0.261 e. The first-order valence-corrected chi connectivity index (χ1v) is 10.4. The number of para-hydroxylation sites is 1. The molecule has 0 atom stereocenters. The molecule has 0 saturated carbocycles. The Morgan fingerprint density at radius 2 is 1.41 bits per heavy atom. The zero-order valence-corrected chi connectivity index (χ0v) is 16.2. The average molecular weight is 386 g/mol. The van der Waals surface area contributed by atoms with Crippen molar-refractivity contribution in [3.8, 4) is 0 Å². The van der Waals surface area contributed by atoms with Gasteiger partial charge in [-0.25, -0.2) is 8.42 Å². The maximum absolute atomic E-state index is 12.8. The lowest BCUT2D eigenvalue weighted by atomic mass is 10.0. The Balaban J connectivity index is 1.90. The number of imide groups is 1. The van der Waals surface area contributed by atoms with E-state index in [2.05, 4.69) is 4.72 Å². The average Bonchev–Trinajstić information content (AvgIpc) is 3.00. The number of amides is 2. The van der Waals surface area contributed by atoms with Crippen molar-refractivity contribution in [1.29, 1.82) is 0 Å². The fourth-order valence-corrected chi connectivity index (χ4v) is 4.35. The predicted octanol–water partition coefficient (Wildman–Crippen LogP) is 3.27. The van der Waals surface area contributed by atoms with Crippen LogP contribution in [-0.2, 0) is 32.5 Å². The molecule has 0 aliphatic carbocycles. The van der Waals surface area contributed by atoms with Crippen molar-refractivity contribution in [1.82, 2.24) is 0 Å². The number of hydrogen-bond donors (Lipinski definition) is 1. The molecule has 3 rings (SSSR count). The van der Waals surface area contributed by atoms with E-state index in [9.17, 15) is 18.0 Å². The molecule has 0 radical (unpaired) electrons. The molecule has 2 aromatic rings. The van der Waals surface area contributed by atoms with Crippen LogP contribution >= 0.6 is 0 Å². The van der Waals surface area contributed by atoms with Crippen molar-refractivity contribution >= 4 is 33.2 Å². The summed E-state index contributed by atoms with van der Waals surface area (Å²) in [6.07, 6.45) is 1.80. The third kappa shape index (κ3) is 3.73. The van der Waals surface area contributed by atoms with Gasteiger partial charge >= 0.3 is 0 Å². The fraction of sp³-hybridized carbons (Fsp3) is 0.300. The lowest BCUT2D eigenvalue weighted by Gasteiger charge is -2.17. The van der Waals surface area contributed by atoms with E-state index in [0.717, 1.165) is 16.0 Å². The van der Waals surface area contributed by atoms with E-state index >= 15 is 0 Å². The summed E-state index contributed by atoms with van der Waals surface area (Å²) in [5.74, 6) is -0.531. The third-order valence-electron chi connectivity index (χ3n) is 4.69. The van der Waals surface area contributed by atoms with Crippen LogP contribution < -0.4 is 9.62 Å². The van der Waals surface area contributed by atoms with Crippen molar-refractivity contribution in [2.75, 3.05) is 9.62 Å². The number of rotatable bonds is 6. The smallest absolute Gasteiger partial charge is 0.261 e. The highest BCUT2D eigenvalue weighted by atomic mass is 32.2. The summed E-state index contributed by atoms with van der Waals surface area (Å²) in [5, 5.41) is 0. The molecule has 1 saturated heterocycles. The molecule has 6 nitrogen and oxygen atoms in total. The van der Waals surface area contributed by atoms with Crippen LogP contribution in [0.1, 0.15) is 37.8 Å². The number of carbonyl (C=O) groups excluding carboxylic acids is 2. The number of benzene rings is 2. The number of hydrogen-bond acceptors (Lipinski definition) is 4.